The second-order valence-electron chi connectivity index (χ2n) is 3.93. The van der Waals surface area contributed by atoms with Gasteiger partial charge in [-0.2, -0.15) is 5.26 Å². The quantitative estimate of drug-likeness (QED) is 0.691. The van der Waals surface area contributed by atoms with Crippen LogP contribution in [0.25, 0.3) is 0 Å². The Kier molecular flexibility index (Phi) is 5.38. The summed E-state index contributed by atoms with van der Waals surface area (Å²) in [7, 11) is 0. The summed E-state index contributed by atoms with van der Waals surface area (Å²) in [5.41, 5.74) is 0.561. The lowest BCUT2D eigenvalue weighted by Crippen LogP contribution is -2.10. The van der Waals surface area contributed by atoms with Crippen molar-refractivity contribution in [3.8, 4) is 11.8 Å². The molecule has 0 bridgehead atoms. The number of benzene rings is 1. The average Bonchev–Trinajstić information content (AvgIpc) is 2.29. The number of hydrogen-bond donors (Lipinski definition) is 0. The number of hydrogen-bond acceptors (Lipinski definition) is 3. The van der Waals surface area contributed by atoms with Crippen molar-refractivity contribution in [2.45, 2.75) is 13.8 Å². The van der Waals surface area contributed by atoms with E-state index in [0.29, 0.717) is 30.4 Å². The molecule has 0 aliphatic heterocycles. The molecule has 0 heterocycles. The van der Waals surface area contributed by atoms with E-state index >= 15 is 0 Å². The summed E-state index contributed by atoms with van der Waals surface area (Å²) in [5.74, 6) is 1.16. The predicted octanol–water partition coefficient (Wildman–Crippen LogP) is 2.61. The van der Waals surface area contributed by atoms with E-state index in [-0.39, 0.29) is 0 Å². The van der Waals surface area contributed by atoms with Gasteiger partial charge in [-0.3, -0.25) is 0 Å². The first kappa shape index (κ1) is 12.5. The highest BCUT2D eigenvalue weighted by molar-refractivity contribution is 5.42. The minimum absolute atomic E-state index is 0.478. The third-order valence-corrected chi connectivity index (χ3v) is 1.94. The molecule has 0 amide bonds. The molecule has 0 saturated heterocycles. The second kappa shape index (κ2) is 6.86. The van der Waals surface area contributed by atoms with Crippen LogP contribution in [0.5, 0.6) is 5.75 Å². The molecule has 0 aromatic heterocycles. The van der Waals surface area contributed by atoms with E-state index in [1.54, 1.807) is 12.1 Å². The molecule has 86 valence electrons. The smallest absolute Gasteiger partial charge is 0.137 e. The molecule has 1 aromatic rings. The van der Waals surface area contributed by atoms with Gasteiger partial charge in [0.05, 0.1) is 12.2 Å². The lowest BCUT2D eigenvalue weighted by atomic mass is 10.2. The summed E-state index contributed by atoms with van der Waals surface area (Å²) in [5, 5.41) is 8.83. The largest absolute Gasteiger partial charge is 0.490 e. The predicted molar refractivity (Wildman–Crippen MR) is 62.3 cm³/mol. The standard InChI is InChI=1S/C13H17NO2/c1-11(2)10-15-7-8-16-13-6-4-3-5-12(13)9-14/h3-6,11H,7-8,10H2,1-2H3. The van der Waals surface area contributed by atoms with E-state index in [1.807, 2.05) is 12.1 Å². The minimum Gasteiger partial charge on any atom is -0.490 e. The first-order chi connectivity index (χ1) is 7.74. The van der Waals surface area contributed by atoms with Crippen LogP contribution in [-0.4, -0.2) is 19.8 Å². The number of ether oxygens (including phenoxy) is 2. The molecule has 1 rings (SSSR count). The molecule has 0 N–H and O–H groups in total. The maximum atomic E-state index is 8.83. The molecule has 0 aliphatic rings. The Labute approximate surface area is 96.6 Å². The third-order valence-electron chi connectivity index (χ3n) is 1.94. The van der Waals surface area contributed by atoms with Crippen LogP contribution >= 0.6 is 0 Å². The Bertz CT molecular complexity index is 355. The summed E-state index contributed by atoms with van der Waals surface area (Å²) in [6, 6.07) is 9.29. The summed E-state index contributed by atoms with van der Waals surface area (Å²) in [6.07, 6.45) is 0. The fraction of sp³-hybridized carbons (Fsp3) is 0.462. The van der Waals surface area contributed by atoms with Crippen molar-refractivity contribution in [2.75, 3.05) is 19.8 Å². The third kappa shape index (κ3) is 4.33. The molecular weight excluding hydrogens is 202 g/mol. The van der Waals surface area contributed by atoms with Crippen LogP contribution in [0.4, 0.5) is 0 Å². The SMILES string of the molecule is CC(C)COCCOc1ccccc1C#N. The molecule has 0 radical (unpaired) electrons. The summed E-state index contributed by atoms with van der Waals surface area (Å²) >= 11 is 0. The zero-order valence-corrected chi connectivity index (χ0v) is 9.77. The Balaban J connectivity index is 2.30. The van der Waals surface area contributed by atoms with Crippen molar-refractivity contribution in [2.24, 2.45) is 5.92 Å². The van der Waals surface area contributed by atoms with Crippen LogP contribution in [0.1, 0.15) is 19.4 Å². The number of rotatable bonds is 6. The molecule has 0 spiro atoms. The first-order valence-corrected chi connectivity index (χ1v) is 5.43. The van der Waals surface area contributed by atoms with Gasteiger partial charge < -0.3 is 9.47 Å². The molecule has 0 fully saturated rings. The van der Waals surface area contributed by atoms with Crippen molar-refractivity contribution in [3.63, 3.8) is 0 Å². The van der Waals surface area contributed by atoms with E-state index < -0.39 is 0 Å². The molecule has 3 heteroatoms. The zero-order valence-electron chi connectivity index (χ0n) is 9.77. The van der Waals surface area contributed by atoms with Crippen LogP contribution in [-0.2, 0) is 4.74 Å². The summed E-state index contributed by atoms with van der Waals surface area (Å²) in [6.45, 7) is 5.98. The van der Waals surface area contributed by atoms with Gasteiger partial charge in [-0.25, -0.2) is 0 Å². The Hall–Kier alpha value is -1.53. The van der Waals surface area contributed by atoms with Gasteiger partial charge in [0.15, 0.2) is 0 Å². The number of para-hydroxylation sites is 1. The van der Waals surface area contributed by atoms with Gasteiger partial charge in [0.2, 0.25) is 0 Å². The fourth-order valence-electron chi connectivity index (χ4n) is 1.21. The molecule has 0 atom stereocenters. The highest BCUT2D eigenvalue weighted by Gasteiger charge is 2.01. The normalized spacial score (nSPS) is 10.1. The highest BCUT2D eigenvalue weighted by Crippen LogP contribution is 2.16. The van der Waals surface area contributed by atoms with E-state index in [9.17, 15) is 0 Å². The number of nitrogens with zero attached hydrogens (tertiary/aromatic N) is 1. The fourth-order valence-corrected chi connectivity index (χ4v) is 1.21. The molecule has 3 nitrogen and oxygen atoms in total. The van der Waals surface area contributed by atoms with Crippen LogP contribution in [0.2, 0.25) is 0 Å². The zero-order chi connectivity index (χ0) is 11.8. The maximum absolute atomic E-state index is 8.83. The summed E-state index contributed by atoms with van der Waals surface area (Å²) < 4.78 is 10.8. The Morgan fingerprint density at radius 1 is 1.25 bits per heavy atom. The van der Waals surface area contributed by atoms with Crippen molar-refractivity contribution in [3.05, 3.63) is 29.8 Å². The van der Waals surface area contributed by atoms with Gasteiger partial charge in [-0.05, 0) is 18.1 Å². The van der Waals surface area contributed by atoms with Crippen LogP contribution < -0.4 is 4.74 Å². The van der Waals surface area contributed by atoms with Crippen molar-refractivity contribution in [1.29, 1.82) is 5.26 Å². The average molecular weight is 219 g/mol. The molecule has 0 aliphatic carbocycles. The van der Waals surface area contributed by atoms with E-state index in [0.717, 1.165) is 6.61 Å². The second-order valence-corrected chi connectivity index (χ2v) is 3.93. The molecule has 1 aromatic carbocycles. The van der Waals surface area contributed by atoms with Gasteiger partial charge >= 0.3 is 0 Å². The first-order valence-electron chi connectivity index (χ1n) is 5.43. The van der Waals surface area contributed by atoms with Crippen LogP contribution in [0.15, 0.2) is 24.3 Å². The van der Waals surface area contributed by atoms with Gasteiger partial charge in [0.25, 0.3) is 0 Å². The van der Waals surface area contributed by atoms with Gasteiger partial charge in [-0.15, -0.1) is 0 Å². The van der Waals surface area contributed by atoms with E-state index in [1.165, 1.54) is 0 Å². The Morgan fingerprint density at radius 3 is 2.69 bits per heavy atom. The Morgan fingerprint density at radius 2 is 2.00 bits per heavy atom. The van der Waals surface area contributed by atoms with Crippen molar-refractivity contribution >= 4 is 0 Å². The molecule has 16 heavy (non-hydrogen) atoms. The lowest BCUT2D eigenvalue weighted by Gasteiger charge is -2.09. The minimum atomic E-state index is 0.478. The van der Waals surface area contributed by atoms with Crippen molar-refractivity contribution < 1.29 is 9.47 Å². The topological polar surface area (TPSA) is 42.2 Å². The highest BCUT2D eigenvalue weighted by atomic mass is 16.5. The van der Waals surface area contributed by atoms with Crippen molar-refractivity contribution in [1.82, 2.24) is 0 Å². The van der Waals surface area contributed by atoms with Crippen LogP contribution in [0, 0.1) is 17.2 Å². The molecule has 0 unspecified atom stereocenters. The van der Waals surface area contributed by atoms with E-state index in [2.05, 4.69) is 19.9 Å². The number of nitriles is 1. The van der Waals surface area contributed by atoms with E-state index in [4.69, 9.17) is 14.7 Å². The van der Waals surface area contributed by atoms with Gasteiger partial charge in [-0.1, -0.05) is 26.0 Å². The van der Waals surface area contributed by atoms with Gasteiger partial charge in [0, 0.05) is 6.61 Å². The monoisotopic (exact) mass is 219 g/mol. The molecule has 0 saturated carbocycles. The van der Waals surface area contributed by atoms with Crippen LogP contribution in [0.3, 0.4) is 0 Å². The van der Waals surface area contributed by atoms with Gasteiger partial charge in [0.1, 0.15) is 18.4 Å². The molecular formula is C13H17NO2. The summed E-state index contributed by atoms with van der Waals surface area (Å²) in [4.78, 5) is 0. The maximum Gasteiger partial charge on any atom is 0.137 e. The lowest BCUT2D eigenvalue weighted by molar-refractivity contribution is 0.0818.